The van der Waals surface area contributed by atoms with E-state index in [2.05, 4.69) is 15.9 Å². The third-order valence-corrected chi connectivity index (χ3v) is 4.54. The Bertz CT molecular complexity index is 531. The van der Waals surface area contributed by atoms with Gasteiger partial charge < -0.3 is 5.11 Å². The standard InChI is InChI=1S/C14H14BrF5O/c15-10-3-4-11(16)9(12(10)17)7-13(21)5-1-2-8(6-13)14(18,19)20/h3-4,8,21H,1-2,5-7H2. The Labute approximate surface area is 127 Å². The lowest BCUT2D eigenvalue weighted by Gasteiger charge is -2.37. The molecule has 7 heteroatoms. The molecule has 0 heterocycles. The fourth-order valence-corrected chi connectivity index (χ4v) is 3.21. The van der Waals surface area contributed by atoms with Crippen LogP contribution in [0.5, 0.6) is 0 Å². The van der Waals surface area contributed by atoms with E-state index in [9.17, 15) is 27.1 Å². The lowest BCUT2D eigenvalue weighted by Crippen LogP contribution is -2.42. The van der Waals surface area contributed by atoms with Gasteiger partial charge in [0.25, 0.3) is 0 Å². The minimum absolute atomic E-state index is 0.0191. The molecule has 0 aliphatic heterocycles. The highest BCUT2D eigenvalue weighted by Crippen LogP contribution is 2.43. The quantitative estimate of drug-likeness (QED) is 0.586. The Morgan fingerprint density at radius 3 is 2.57 bits per heavy atom. The van der Waals surface area contributed by atoms with Crippen LogP contribution >= 0.6 is 15.9 Å². The van der Waals surface area contributed by atoms with E-state index in [0.717, 1.165) is 6.07 Å². The molecule has 1 aliphatic carbocycles. The molecule has 2 atom stereocenters. The van der Waals surface area contributed by atoms with Gasteiger partial charge in [0.05, 0.1) is 16.0 Å². The number of aliphatic hydroxyl groups is 1. The molecule has 1 aliphatic rings. The number of halogens is 6. The number of hydrogen-bond donors (Lipinski definition) is 1. The molecule has 2 rings (SSSR count). The summed E-state index contributed by atoms with van der Waals surface area (Å²) in [6, 6.07) is 2.20. The Morgan fingerprint density at radius 1 is 1.29 bits per heavy atom. The molecule has 0 spiro atoms. The fourth-order valence-electron chi connectivity index (χ4n) is 2.84. The Morgan fingerprint density at radius 2 is 1.95 bits per heavy atom. The van der Waals surface area contributed by atoms with Crippen molar-refractivity contribution in [2.24, 2.45) is 5.92 Å². The maximum Gasteiger partial charge on any atom is 0.391 e. The summed E-state index contributed by atoms with van der Waals surface area (Å²) in [5, 5.41) is 10.3. The molecule has 1 aromatic carbocycles. The summed E-state index contributed by atoms with van der Waals surface area (Å²) in [5.41, 5.74) is -2.12. The van der Waals surface area contributed by atoms with Crippen LogP contribution in [0.1, 0.15) is 31.2 Å². The molecule has 0 saturated heterocycles. The van der Waals surface area contributed by atoms with Crippen molar-refractivity contribution in [1.29, 1.82) is 0 Å². The average molecular weight is 373 g/mol. The van der Waals surface area contributed by atoms with Crippen LogP contribution in [0.25, 0.3) is 0 Å². The lowest BCUT2D eigenvalue weighted by molar-refractivity contribution is -0.200. The zero-order chi connectivity index (χ0) is 15.8. The summed E-state index contributed by atoms with van der Waals surface area (Å²) >= 11 is 2.90. The van der Waals surface area contributed by atoms with E-state index in [0.29, 0.717) is 0 Å². The van der Waals surface area contributed by atoms with Gasteiger partial charge in [-0.2, -0.15) is 13.2 Å². The highest BCUT2D eigenvalue weighted by Gasteiger charge is 2.47. The Hall–Kier alpha value is -0.690. The van der Waals surface area contributed by atoms with Crippen LogP contribution in [0.4, 0.5) is 22.0 Å². The first-order valence-electron chi connectivity index (χ1n) is 6.54. The van der Waals surface area contributed by atoms with Gasteiger partial charge >= 0.3 is 6.18 Å². The molecule has 0 bridgehead atoms. The van der Waals surface area contributed by atoms with Crippen LogP contribution in [-0.2, 0) is 6.42 Å². The zero-order valence-electron chi connectivity index (χ0n) is 11.0. The minimum Gasteiger partial charge on any atom is -0.390 e. The van der Waals surface area contributed by atoms with Crippen LogP contribution < -0.4 is 0 Å². The first kappa shape index (κ1) is 16.7. The smallest absolute Gasteiger partial charge is 0.390 e. The third-order valence-electron chi connectivity index (χ3n) is 3.93. The number of benzene rings is 1. The van der Waals surface area contributed by atoms with Crippen LogP contribution in [0.3, 0.4) is 0 Å². The Balaban J connectivity index is 2.24. The van der Waals surface area contributed by atoms with E-state index in [1.165, 1.54) is 6.07 Å². The normalized spacial score (nSPS) is 26.9. The van der Waals surface area contributed by atoms with Gasteiger partial charge in [0.1, 0.15) is 11.6 Å². The second-order valence-corrected chi connectivity index (χ2v) is 6.41. The minimum atomic E-state index is -4.40. The third kappa shape index (κ3) is 3.74. The van der Waals surface area contributed by atoms with Crippen molar-refractivity contribution in [2.75, 3.05) is 0 Å². The molecule has 0 amide bonds. The predicted octanol–water partition coefficient (Wildman–Crippen LogP) is 4.75. The summed E-state index contributed by atoms with van der Waals surface area (Å²) in [5.74, 6) is -3.37. The Kier molecular flexibility index (Phi) is 4.63. The van der Waals surface area contributed by atoms with Gasteiger partial charge in [-0.15, -0.1) is 0 Å². The first-order valence-corrected chi connectivity index (χ1v) is 7.33. The van der Waals surface area contributed by atoms with E-state index in [4.69, 9.17) is 0 Å². The number of hydrogen-bond acceptors (Lipinski definition) is 1. The molecule has 1 fully saturated rings. The molecular weight excluding hydrogens is 359 g/mol. The summed E-state index contributed by atoms with van der Waals surface area (Å²) < 4.78 is 65.9. The highest BCUT2D eigenvalue weighted by atomic mass is 79.9. The largest absolute Gasteiger partial charge is 0.391 e. The van der Waals surface area contributed by atoms with Crippen molar-refractivity contribution < 1.29 is 27.1 Å². The van der Waals surface area contributed by atoms with Gasteiger partial charge in [-0.25, -0.2) is 8.78 Å². The van der Waals surface area contributed by atoms with Gasteiger partial charge in [0, 0.05) is 12.0 Å². The second kappa shape index (κ2) is 5.83. The molecule has 118 valence electrons. The summed E-state index contributed by atoms with van der Waals surface area (Å²) in [7, 11) is 0. The highest BCUT2D eigenvalue weighted by molar-refractivity contribution is 9.10. The fraction of sp³-hybridized carbons (Fsp3) is 0.571. The van der Waals surface area contributed by atoms with Crippen molar-refractivity contribution in [1.82, 2.24) is 0 Å². The van der Waals surface area contributed by atoms with Crippen molar-refractivity contribution in [3.05, 3.63) is 33.8 Å². The van der Waals surface area contributed by atoms with Crippen molar-refractivity contribution in [3.63, 3.8) is 0 Å². The molecule has 21 heavy (non-hydrogen) atoms. The molecular formula is C14H14BrF5O. The van der Waals surface area contributed by atoms with Crippen LogP contribution in [0.2, 0.25) is 0 Å². The number of rotatable bonds is 2. The zero-order valence-corrected chi connectivity index (χ0v) is 12.6. The molecule has 1 N–H and O–H groups in total. The molecule has 1 nitrogen and oxygen atoms in total. The van der Waals surface area contributed by atoms with Crippen LogP contribution in [0.15, 0.2) is 16.6 Å². The summed E-state index contributed by atoms with van der Waals surface area (Å²) in [6.07, 6.45) is -5.17. The lowest BCUT2D eigenvalue weighted by atomic mass is 9.74. The molecule has 0 radical (unpaired) electrons. The van der Waals surface area contributed by atoms with Crippen LogP contribution in [-0.4, -0.2) is 16.9 Å². The van der Waals surface area contributed by atoms with Gasteiger partial charge in [-0.3, -0.25) is 0 Å². The second-order valence-electron chi connectivity index (χ2n) is 5.56. The van der Waals surface area contributed by atoms with Crippen LogP contribution in [0, 0.1) is 17.6 Å². The summed E-state index contributed by atoms with van der Waals surface area (Å²) in [4.78, 5) is 0. The SMILES string of the molecule is OC1(Cc2c(F)ccc(Br)c2F)CCCC(C(F)(F)F)C1. The monoisotopic (exact) mass is 372 g/mol. The van der Waals surface area contributed by atoms with E-state index < -0.39 is 42.2 Å². The summed E-state index contributed by atoms with van der Waals surface area (Å²) in [6.45, 7) is 0. The van der Waals surface area contributed by atoms with Gasteiger partial charge in [-0.1, -0.05) is 0 Å². The first-order chi connectivity index (χ1) is 9.62. The molecule has 1 aromatic rings. The van der Waals surface area contributed by atoms with E-state index in [-0.39, 0.29) is 29.3 Å². The average Bonchev–Trinajstić information content (AvgIpc) is 2.38. The van der Waals surface area contributed by atoms with E-state index in [1.807, 2.05) is 0 Å². The molecule has 0 aromatic heterocycles. The maximum atomic E-state index is 13.9. The van der Waals surface area contributed by atoms with E-state index >= 15 is 0 Å². The molecule has 2 unspecified atom stereocenters. The van der Waals surface area contributed by atoms with Crippen molar-refractivity contribution in [2.45, 2.75) is 43.9 Å². The number of alkyl halides is 3. The topological polar surface area (TPSA) is 20.2 Å². The molecule has 1 saturated carbocycles. The maximum absolute atomic E-state index is 13.9. The van der Waals surface area contributed by atoms with Gasteiger partial charge in [0.15, 0.2) is 0 Å². The van der Waals surface area contributed by atoms with Gasteiger partial charge in [-0.05, 0) is 53.7 Å². The van der Waals surface area contributed by atoms with Crippen molar-refractivity contribution >= 4 is 15.9 Å². The van der Waals surface area contributed by atoms with Crippen molar-refractivity contribution in [3.8, 4) is 0 Å². The predicted molar refractivity (Wildman–Crippen MR) is 70.7 cm³/mol. The van der Waals surface area contributed by atoms with E-state index in [1.54, 1.807) is 0 Å². The van der Waals surface area contributed by atoms with Gasteiger partial charge in [0.2, 0.25) is 0 Å².